The zero-order chi connectivity index (χ0) is 39.8. The van der Waals surface area contributed by atoms with Crippen LogP contribution in [0.4, 0.5) is 0 Å². The van der Waals surface area contributed by atoms with E-state index in [0.717, 1.165) is 0 Å². The van der Waals surface area contributed by atoms with E-state index >= 15 is 0 Å². The second-order valence-corrected chi connectivity index (χ2v) is 26.3. The maximum Gasteiger partial charge on any atom is 2.00 e. The number of hydrogen-bond acceptors (Lipinski definition) is 0. The summed E-state index contributed by atoms with van der Waals surface area (Å²) in [7, 11) is 1.69. The van der Waals surface area contributed by atoms with E-state index in [1.54, 1.807) is 73.9 Å². The van der Waals surface area contributed by atoms with Crippen LogP contribution in [0.2, 0.25) is 0 Å². The molecule has 0 rings (SSSR count). The van der Waals surface area contributed by atoms with Gasteiger partial charge in [0, 0.05) is 0 Å². The van der Waals surface area contributed by atoms with Gasteiger partial charge >= 0.3 is 20.4 Å². The van der Waals surface area contributed by atoms with Crippen LogP contribution in [-0.2, 0) is 20.4 Å². The summed E-state index contributed by atoms with van der Waals surface area (Å²) >= 11 is 0. The van der Waals surface area contributed by atoms with Crippen LogP contribution in [0.1, 0.15) is 237 Å². The molecule has 0 N–H and O–H groups in total. The van der Waals surface area contributed by atoms with E-state index in [1.165, 1.54) is 154 Å². The number of rotatable bonds is 36. The van der Waals surface area contributed by atoms with Crippen molar-refractivity contribution in [2.75, 3.05) is 73.9 Å². The molecule has 0 unspecified atom stereocenters. The standard InChI is InChI=1S/4C12H27P.2ClH.Pd/c4*1-4-7-10-13(11-8-5-2)12-9-6-3;;;/h4*4-12H2,1-3H3;2*1H;/q;;;;;;+2/p-2. The van der Waals surface area contributed by atoms with Crippen molar-refractivity contribution in [3.8, 4) is 0 Å². The minimum Gasteiger partial charge on any atom is -1.00 e. The Morgan fingerprint density at radius 1 is 0.182 bits per heavy atom. The molecule has 0 atom stereocenters. The molecular formula is C48H108Cl2P4Pd. The Kier molecular flexibility index (Phi) is 90.4. The number of unbranched alkanes of at least 4 members (excludes halogenated alkanes) is 12. The van der Waals surface area contributed by atoms with Crippen molar-refractivity contribution < 1.29 is 45.2 Å². The van der Waals surface area contributed by atoms with Gasteiger partial charge in [0.2, 0.25) is 0 Å². The van der Waals surface area contributed by atoms with Crippen molar-refractivity contribution in [2.45, 2.75) is 237 Å². The van der Waals surface area contributed by atoms with E-state index in [9.17, 15) is 0 Å². The minimum atomic E-state index is 0. The first-order chi connectivity index (χ1) is 25.4. The molecule has 0 fully saturated rings. The van der Waals surface area contributed by atoms with Crippen molar-refractivity contribution in [3.63, 3.8) is 0 Å². The molecular weight excluding hydrogens is 878 g/mol. The molecule has 0 bridgehead atoms. The Hall–Kier alpha value is 2.96. The van der Waals surface area contributed by atoms with Gasteiger partial charge in [-0.25, -0.2) is 0 Å². The van der Waals surface area contributed by atoms with E-state index in [4.69, 9.17) is 0 Å². The van der Waals surface area contributed by atoms with Crippen LogP contribution >= 0.6 is 31.7 Å². The topological polar surface area (TPSA) is 0 Å². The smallest absolute Gasteiger partial charge is 1.00 e. The molecule has 0 aliphatic carbocycles. The summed E-state index contributed by atoms with van der Waals surface area (Å²) in [6, 6.07) is 0. The molecule has 0 aromatic rings. The maximum absolute atomic E-state index is 2.31. The molecule has 0 aliphatic rings. The van der Waals surface area contributed by atoms with Crippen LogP contribution in [0.25, 0.3) is 0 Å². The van der Waals surface area contributed by atoms with E-state index < -0.39 is 0 Å². The number of hydrogen-bond donors (Lipinski definition) is 0. The quantitative estimate of drug-likeness (QED) is 0.0433. The van der Waals surface area contributed by atoms with Crippen molar-refractivity contribution in [1.82, 2.24) is 0 Å². The van der Waals surface area contributed by atoms with Gasteiger partial charge in [0.05, 0.1) is 0 Å². The van der Waals surface area contributed by atoms with Gasteiger partial charge in [-0.2, -0.15) is 0 Å². The molecule has 0 amide bonds. The molecule has 7 heteroatoms. The van der Waals surface area contributed by atoms with E-state index in [1.807, 2.05) is 0 Å². The van der Waals surface area contributed by atoms with Gasteiger partial charge in [-0.3, -0.25) is 0 Å². The predicted octanol–water partition coefficient (Wildman–Crippen LogP) is 13.5. The third-order valence-corrected chi connectivity index (χ3v) is 21.3. The van der Waals surface area contributed by atoms with Gasteiger partial charge in [0.25, 0.3) is 0 Å². The van der Waals surface area contributed by atoms with Crippen molar-refractivity contribution >= 4 is 31.7 Å². The molecule has 0 aliphatic heterocycles. The van der Waals surface area contributed by atoms with Crippen LogP contribution < -0.4 is 24.8 Å². The zero-order valence-electron chi connectivity index (χ0n) is 40.3. The third kappa shape index (κ3) is 66.3. The Morgan fingerprint density at radius 2 is 0.255 bits per heavy atom. The van der Waals surface area contributed by atoms with Gasteiger partial charge in [-0.05, 0) is 151 Å². The molecule has 0 spiro atoms. The second-order valence-electron chi connectivity index (χ2n) is 15.6. The van der Waals surface area contributed by atoms with E-state index in [2.05, 4.69) is 83.1 Å². The second kappa shape index (κ2) is 68.7. The van der Waals surface area contributed by atoms with Crippen molar-refractivity contribution in [3.05, 3.63) is 0 Å². The summed E-state index contributed by atoms with van der Waals surface area (Å²) in [5.74, 6) is 0. The van der Waals surface area contributed by atoms with E-state index in [0.29, 0.717) is 31.7 Å². The first-order valence-electron chi connectivity index (χ1n) is 24.3. The first kappa shape index (κ1) is 72.4. The summed E-state index contributed by atoms with van der Waals surface area (Å²) in [6.45, 7) is 27.8. The molecule has 0 saturated heterocycles. The SMILES string of the molecule is CCCCP(CCCC)CCCC.CCCCP(CCCC)CCCC.CCCCP(CCCC)CCCC.CCCCP(CCCC)CCCC.[Cl-].[Cl-].[Pd+2]. The average molecular weight is 987 g/mol. The Labute approximate surface area is 385 Å². The van der Waals surface area contributed by atoms with Gasteiger partial charge in [-0.1, -0.05) is 160 Å². The molecule has 0 aromatic carbocycles. The molecule has 0 radical (unpaired) electrons. The molecule has 0 heterocycles. The summed E-state index contributed by atoms with van der Waals surface area (Å²) in [5.41, 5.74) is 0. The Bertz CT molecular complexity index is 404. The van der Waals surface area contributed by atoms with Crippen LogP contribution in [0.5, 0.6) is 0 Å². The van der Waals surface area contributed by atoms with Gasteiger partial charge in [0.15, 0.2) is 0 Å². The molecule has 0 aromatic heterocycles. The summed E-state index contributed by atoms with van der Waals surface area (Å²) in [6.07, 6.45) is 52.9. The third-order valence-electron chi connectivity index (χ3n) is 9.93. The minimum absolute atomic E-state index is 0. The van der Waals surface area contributed by atoms with Crippen molar-refractivity contribution in [2.24, 2.45) is 0 Å². The number of halogens is 2. The molecule has 0 saturated carbocycles. The Balaban J connectivity index is -0.000000110. The average Bonchev–Trinajstić information content (AvgIpc) is 3.17. The van der Waals surface area contributed by atoms with Crippen LogP contribution in [-0.4, -0.2) is 73.9 Å². The Morgan fingerprint density at radius 3 is 0.309 bits per heavy atom. The first-order valence-corrected chi connectivity index (χ1v) is 31.9. The molecule has 0 nitrogen and oxygen atoms in total. The van der Waals surface area contributed by atoms with Crippen LogP contribution in [0.3, 0.4) is 0 Å². The summed E-state index contributed by atoms with van der Waals surface area (Å²) in [5, 5.41) is 0. The molecule has 55 heavy (non-hydrogen) atoms. The van der Waals surface area contributed by atoms with Crippen LogP contribution in [0, 0.1) is 0 Å². The van der Waals surface area contributed by atoms with Gasteiger partial charge in [0.1, 0.15) is 0 Å². The van der Waals surface area contributed by atoms with Gasteiger partial charge in [-0.15, -0.1) is 31.7 Å². The summed E-state index contributed by atoms with van der Waals surface area (Å²) in [4.78, 5) is 0. The predicted molar refractivity (Wildman–Crippen MR) is 265 cm³/mol. The maximum atomic E-state index is 2.31. The normalized spacial score (nSPS) is 10.5. The molecule has 344 valence electrons. The monoisotopic (exact) mass is 985 g/mol. The van der Waals surface area contributed by atoms with Gasteiger partial charge < -0.3 is 24.8 Å². The summed E-state index contributed by atoms with van der Waals surface area (Å²) < 4.78 is 0. The fourth-order valence-electron chi connectivity index (χ4n) is 5.92. The van der Waals surface area contributed by atoms with E-state index in [-0.39, 0.29) is 45.2 Å². The van der Waals surface area contributed by atoms with Crippen molar-refractivity contribution in [1.29, 1.82) is 0 Å². The largest absolute Gasteiger partial charge is 2.00 e. The van der Waals surface area contributed by atoms with Crippen LogP contribution in [0.15, 0.2) is 0 Å². The fourth-order valence-corrected chi connectivity index (χ4v) is 17.8. The fraction of sp³-hybridized carbons (Fsp3) is 1.00. The zero-order valence-corrected chi connectivity index (χ0v) is 47.0.